The quantitative estimate of drug-likeness (QED) is 0.598. The molecule has 5 heteroatoms. The SMILES string of the molecule is C.C.C.C.CCC(C)N1CC=CC1=O.CCC(C)NCCCC(=O)O. The molecule has 0 aromatic carbocycles. The molecule has 0 aromatic rings. The van der Waals surface area contributed by atoms with Crippen molar-refractivity contribution < 1.29 is 14.7 Å². The lowest BCUT2D eigenvalue weighted by Crippen LogP contribution is -2.33. The molecule has 1 aliphatic heterocycles. The van der Waals surface area contributed by atoms with Crippen molar-refractivity contribution in [3.8, 4) is 0 Å². The lowest BCUT2D eigenvalue weighted by atomic mass is 10.2. The number of aliphatic carboxylic acids is 1. The van der Waals surface area contributed by atoms with Crippen LogP contribution in [0.5, 0.6) is 0 Å². The molecule has 0 saturated carbocycles. The molecule has 0 fully saturated rings. The first-order valence-electron chi connectivity index (χ1n) is 7.84. The van der Waals surface area contributed by atoms with Gasteiger partial charge in [-0.2, -0.15) is 0 Å². The highest BCUT2D eigenvalue weighted by atomic mass is 16.4. The number of hydrogen-bond donors (Lipinski definition) is 2. The summed E-state index contributed by atoms with van der Waals surface area (Å²) < 4.78 is 0. The van der Waals surface area contributed by atoms with Gasteiger partial charge in [-0.25, -0.2) is 0 Å². The molecule has 25 heavy (non-hydrogen) atoms. The van der Waals surface area contributed by atoms with Crippen molar-refractivity contribution in [1.29, 1.82) is 0 Å². The predicted molar refractivity (Wildman–Crippen MR) is 112 cm³/mol. The van der Waals surface area contributed by atoms with E-state index in [1.165, 1.54) is 0 Å². The Bertz CT molecular complexity index is 344. The Morgan fingerprint density at radius 3 is 2.12 bits per heavy atom. The van der Waals surface area contributed by atoms with E-state index in [1.54, 1.807) is 6.08 Å². The van der Waals surface area contributed by atoms with Crippen molar-refractivity contribution in [3.63, 3.8) is 0 Å². The second-order valence-corrected chi connectivity index (χ2v) is 5.41. The Hall–Kier alpha value is -1.36. The van der Waals surface area contributed by atoms with E-state index < -0.39 is 5.97 Å². The molecule has 1 aliphatic rings. The first kappa shape index (κ1) is 34.9. The summed E-state index contributed by atoms with van der Waals surface area (Å²) in [6.07, 6.45) is 6.67. The monoisotopic (exact) mass is 362 g/mol. The lowest BCUT2D eigenvalue weighted by Gasteiger charge is -2.22. The van der Waals surface area contributed by atoms with Gasteiger partial charge < -0.3 is 15.3 Å². The smallest absolute Gasteiger partial charge is 0.303 e. The number of nitrogens with zero attached hydrogens (tertiary/aromatic N) is 1. The summed E-state index contributed by atoms with van der Waals surface area (Å²) in [6.45, 7) is 9.98. The molecular weight excluding hydrogens is 316 g/mol. The van der Waals surface area contributed by atoms with Crippen LogP contribution in [0.2, 0.25) is 0 Å². The van der Waals surface area contributed by atoms with Crippen molar-refractivity contribution in [2.24, 2.45) is 0 Å². The van der Waals surface area contributed by atoms with E-state index in [-0.39, 0.29) is 42.0 Å². The number of carboxylic acid groups (broad SMARTS) is 1. The zero-order valence-electron chi connectivity index (χ0n) is 13.8. The average Bonchev–Trinajstić information content (AvgIpc) is 2.89. The second-order valence-electron chi connectivity index (χ2n) is 5.41. The highest BCUT2D eigenvalue weighted by Gasteiger charge is 2.18. The van der Waals surface area contributed by atoms with Crippen LogP contribution in [-0.2, 0) is 9.59 Å². The largest absolute Gasteiger partial charge is 0.481 e. The van der Waals surface area contributed by atoms with Crippen LogP contribution in [0.4, 0.5) is 0 Å². The minimum Gasteiger partial charge on any atom is -0.481 e. The van der Waals surface area contributed by atoms with E-state index >= 15 is 0 Å². The van der Waals surface area contributed by atoms with E-state index in [0.717, 1.165) is 32.4 Å². The number of carbonyl (C=O) groups excluding carboxylic acids is 1. The minimum atomic E-state index is -0.712. The molecule has 0 spiro atoms. The predicted octanol–water partition coefficient (Wildman–Crippen LogP) is 4.97. The van der Waals surface area contributed by atoms with Crippen molar-refractivity contribution in [3.05, 3.63) is 12.2 Å². The molecule has 5 nitrogen and oxygen atoms in total. The Morgan fingerprint density at radius 2 is 1.76 bits per heavy atom. The van der Waals surface area contributed by atoms with Gasteiger partial charge in [0.05, 0.1) is 0 Å². The summed E-state index contributed by atoms with van der Waals surface area (Å²) in [7, 11) is 0. The second kappa shape index (κ2) is 20.7. The van der Waals surface area contributed by atoms with Crippen LogP contribution in [0.1, 0.15) is 83.1 Å². The first-order chi connectivity index (χ1) is 9.92. The first-order valence-corrected chi connectivity index (χ1v) is 7.84. The van der Waals surface area contributed by atoms with Crippen LogP contribution in [0.3, 0.4) is 0 Å². The van der Waals surface area contributed by atoms with Gasteiger partial charge in [0, 0.05) is 31.1 Å². The number of carboxylic acids is 1. The van der Waals surface area contributed by atoms with Crippen LogP contribution in [-0.4, -0.2) is 47.1 Å². The van der Waals surface area contributed by atoms with Crippen molar-refractivity contribution in [2.75, 3.05) is 13.1 Å². The minimum absolute atomic E-state index is 0. The van der Waals surface area contributed by atoms with Gasteiger partial charge >= 0.3 is 5.97 Å². The summed E-state index contributed by atoms with van der Waals surface area (Å²) in [5.41, 5.74) is 0. The lowest BCUT2D eigenvalue weighted by molar-refractivity contribution is -0.137. The van der Waals surface area contributed by atoms with Gasteiger partial charge in [-0.1, -0.05) is 49.6 Å². The highest BCUT2D eigenvalue weighted by Crippen LogP contribution is 2.08. The van der Waals surface area contributed by atoms with Gasteiger partial charge in [0.2, 0.25) is 5.91 Å². The maximum absolute atomic E-state index is 11.0. The van der Waals surface area contributed by atoms with Crippen LogP contribution in [0.25, 0.3) is 0 Å². The molecule has 0 aliphatic carbocycles. The molecule has 1 rings (SSSR count). The summed E-state index contributed by atoms with van der Waals surface area (Å²) >= 11 is 0. The van der Waals surface area contributed by atoms with Crippen LogP contribution in [0, 0.1) is 0 Å². The van der Waals surface area contributed by atoms with Crippen molar-refractivity contribution in [2.45, 2.75) is 95.2 Å². The molecule has 2 atom stereocenters. The average molecular weight is 363 g/mol. The van der Waals surface area contributed by atoms with Gasteiger partial charge in [0.25, 0.3) is 0 Å². The maximum atomic E-state index is 11.0. The Balaban J connectivity index is -0.0000000921. The highest BCUT2D eigenvalue weighted by molar-refractivity contribution is 5.90. The molecule has 1 amide bonds. The van der Waals surface area contributed by atoms with E-state index in [2.05, 4.69) is 33.0 Å². The number of hydrogen-bond acceptors (Lipinski definition) is 3. The number of carbonyl (C=O) groups is 2. The summed E-state index contributed by atoms with van der Waals surface area (Å²) in [5, 5.41) is 11.5. The molecular formula is C20H46N2O3. The molecule has 2 N–H and O–H groups in total. The van der Waals surface area contributed by atoms with Crippen LogP contribution >= 0.6 is 0 Å². The van der Waals surface area contributed by atoms with E-state index in [9.17, 15) is 9.59 Å². The number of amides is 1. The van der Waals surface area contributed by atoms with Gasteiger partial charge in [0.1, 0.15) is 0 Å². The number of nitrogens with one attached hydrogen (secondary N) is 1. The zero-order valence-corrected chi connectivity index (χ0v) is 13.8. The van der Waals surface area contributed by atoms with Crippen LogP contribution < -0.4 is 5.32 Å². The van der Waals surface area contributed by atoms with Gasteiger partial charge in [-0.15, -0.1) is 0 Å². The summed E-state index contributed by atoms with van der Waals surface area (Å²) in [5.74, 6) is -0.551. The molecule has 0 aromatic heterocycles. The van der Waals surface area contributed by atoms with Crippen molar-refractivity contribution in [1.82, 2.24) is 10.2 Å². The van der Waals surface area contributed by atoms with E-state index in [1.807, 2.05) is 11.0 Å². The molecule has 0 saturated heterocycles. The van der Waals surface area contributed by atoms with E-state index in [0.29, 0.717) is 12.1 Å². The van der Waals surface area contributed by atoms with Gasteiger partial charge in [-0.3, -0.25) is 9.59 Å². The summed E-state index contributed by atoms with van der Waals surface area (Å²) in [4.78, 5) is 23.0. The fourth-order valence-electron chi connectivity index (χ4n) is 1.80. The Morgan fingerprint density at radius 1 is 1.20 bits per heavy atom. The van der Waals surface area contributed by atoms with Gasteiger partial charge in [0.15, 0.2) is 0 Å². The molecule has 154 valence electrons. The fourth-order valence-corrected chi connectivity index (χ4v) is 1.80. The third kappa shape index (κ3) is 17.3. The van der Waals surface area contributed by atoms with Gasteiger partial charge in [-0.05, 0) is 39.7 Å². The molecule has 1 heterocycles. The van der Waals surface area contributed by atoms with Crippen LogP contribution in [0.15, 0.2) is 12.2 Å². The third-order valence-electron chi connectivity index (χ3n) is 3.64. The molecule has 0 bridgehead atoms. The standard InChI is InChI=1S/C8H17NO2.C8H13NO.4CH4/c1-3-7(2)9-6-4-5-8(10)11;1-3-7(2)9-6-4-5-8(9)10;;;;/h7,9H,3-6H2,1-2H3,(H,10,11);4-5,7H,3,6H2,1-2H3;4*1H4. The third-order valence-corrected chi connectivity index (χ3v) is 3.64. The topological polar surface area (TPSA) is 69.6 Å². The van der Waals surface area contributed by atoms with E-state index in [4.69, 9.17) is 5.11 Å². The summed E-state index contributed by atoms with van der Waals surface area (Å²) in [6, 6.07) is 0.895. The van der Waals surface area contributed by atoms with Crippen molar-refractivity contribution >= 4 is 11.9 Å². The molecule has 2 unspecified atom stereocenters. The normalized spacial score (nSPS) is 13.8. The fraction of sp³-hybridized carbons (Fsp3) is 0.800. The number of rotatable bonds is 8. The zero-order chi connectivity index (χ0) is 16.3. The Labute approximate surface area is 157 Å². The maximum Gasteiger partial charge on any atom is 0.303 e. The Kier molecular flexibility index (Phi) is 28.9. The molecule has 0 radical (unpaired) electrons.